The second kappa shape index (κ2) is 4.75. The Kier molecular flexibility index (Phi) is 5.54. The van der Waals surface area contributed by atoms with E-state index in [2.05, 4.69) is 10.6 Å². The number of carbonyl (C=O) groups excluding carboxylic acids is 2. The Labute approximate surface area is 59.8 Å². The maximum atomic E-state index is 10.3. The summed E-state index contributed by atoms with van der Waals surface area (Å²) in [6.45, 7) is 0.248. The summed E-state index contributed by atoms with van der Waals surface area (Å²) in [5, 5.41) is 4.76. The van der Waals surface area contributed by atoms with Crippen molar-refractivity contribution in [2.45, 2.75) is 7.43 Å². The molecule has 1 saturated heterocycles. The van der Waals surface area contributed by atoms with E-state index in [1.54, 1.807) is 0 Å². The molecule has 0 saturated carbocycles. The zero-order valence-electron chi connectivity index (χ0n) is 4.94. The maximum Gasteiger partial charge on any atom is 0.239 e. The topological polar surface area (TPSA) is 93.2 Å². The van der Waals surface area contributed by atoms with Crippen LogP contribution in [0, 0.1) is 0 Å². The van der Waals surface area contributed by atoms with Crippen LogP contribution in [0.25, 0.3) is 0 Å². The van der Waals surface area contributed by atoms with E-state index >= 15 is 0 Å². The molecule has 10 heavy (non-hydrogen) atoms. The quantitative estimate of drug-likeness (QED) is 0.411. The van der Waals surface area contributed by atoms with Gasteiger partial charge >= 0.3 is 0 Å². The Hall–Kier alpha value is -1.10. The fourth-order valence-corrected chi connectivity index (χ4v) is 0.483. The second-order valence-corrected chi connectivity index (χ2v) is 1.55. The van der Waals surface area contributed by atoms with Crippen molar-refractivity contribution in [1.82, 2.24) is 16.8 Å². The van der Waals surface area contributed by atoms with Crippen LogP contribution in [0.5, 0.6) is 0 Å². The number of carbonyl (C=O) groups is 2. The molecule has 5 heteroatoms. The lowest BCUT2D eigenvalue weighted by molar-refractivity contribution is -0.130. The van der Waals surface area contributed by atoms with Crippen molar-refractivity contribution < 1.29 is 9.59 Å². The van der Waals surface area contributed by atoms with E-state index in [4.69, 9.17) is 0 Å². The van der Waals surface area contributed by atoms with E-state index in [1.807, 2.05) is 0 Å². The summed E-state index contributed by atoms with van der Waals surface area (Å²) in [5.74, 6) is -0.241. The Morgan fingerprint density at radius 3 is 1.50 bits per heavy atom. The summed E-state index contributed by atoms with van der Waals surface area (Å²) in [4.78, 5) is 20.6. The van der Waals surface area contributed by atoms with Gasteiger partial charge in [-0.1, -0.05) is 7.43 Å². The first-order valence-electron chi connectivity index (χ1n) is 2.32. The lowest BCUT2D eigenvalue weighted by atomic mass is 10.4. The van der Waals surface area contributed by atoms with Crippen LogP contribution in [0.3, 0.4) is 0 Å². The predicted octanol–water partition coefficient (Wildman–Crippen LogP) is -0.970. The molecule has 0 aromatic carbocycles. The number of hydrogen-bond donors (Lipinski definition) is 3. The van der Waals surface area contributed by atoms with Gasteiger partial charge in [0.1, 0.15) is 0 Å². The van der Waals surface area contributed by atoms with Crippen molar-refractivity contribution in [1.29, 1.82) is 0 Å². The monoisotopic (exact) mass is 147 g/mol. The van der Waals surface area contributed by atoms with Crippen LogP contribution in [-0.2, 0) is 9.59 Å². The molecular formula is C5H13N3O2. The van der Waals surface area contributed by atoms with Crippen LogP contribution in [-0.4, -0.2) is 24.9 Å². The smallest absolute Gasteiger partial charge is 0.239 e. The largest absolute Gasteiger partial charge is 0.346 e. The average Bonchev–Trinajstić information content (AvgIpc) is 1.77. The zero-order valence-corrected chi connectivity index (χ0v) is 4.94. The van der Waals surface area contributed by atoms with Crippen molar-refractivity contribution in [2.24, 2.45) is 0 Å². The molecule has 1 rings (SSSR count). The number of nitrogens with one attached hydrogen (secondary N) is 2. The number of rotatable bonds is 0. The Balaban J connectivity index is 0. The molecule has 0 aromatic rings. The molecule has 0 bridgehead atoms. The number of piperazine rings is 1. The normalized spacial score (nSPS) is 15.6. The highest BCUT2D eigenvalue weighted by molar-refractivity contribution is 5.92. The Bertz CT molecular complexity index is 107. The van der Waals surface area contributed by atoms with Crippen molar-refractivity contribution in [3.63, 3.8) is 0 Å². The number of hydrogen-bond acceptors (Lipinski definition) is 3. The van der Waals surface area contributed by atoms with Gasteiger partial charge in [-0.2, -0.15) is 0 Å². The molecule has 0 atom stereocenters. The molecule has 0 unspecified atom stereocenters. The molecule has 1 aliphatic heterocycles. The third-order valence-corrected chi connectivity index (χ3v) is 0.892. The van der Waals surface area contributed by atoms with Crippen LogP contribution in [0.4, 0.5) is 0 Å². The highest BCUT2D eigenvalue weighted by Gasteiger charge is 2.11. The van der Waals surface area contributed by atoms with Gasteiger partial charge in [-0.05, 0) is 0 Å². The van der Waals surface area contributed by atoms with E-state index in [0.29, 0.717) is 0 Å². The molecule has 1 heterocycles. The van der Waals surface area contributed by atoms with Crippen LogP contribution >= 0.6 is 0 Å². The molecule has 5 nitrogen and oxygen atoms in total. The van der Waals surface area contributed by atoms with E-state index < -0.39 is 0 Å². The first-order valence-corrected chi connectivity index (χ1v) is 2.32. The Morgan fingerprint density at radius 1 is 1.00 bits per heavy atom. The van der Waals surface area contributed by atoms with Crippen LogP contribution in [0.15, 0.2) is 0 Å². The fourth-order valence-electron chi connectivity index (χ4n) is 0.483. The molecule has 0 aliphatic carbocycles. The second-order valence-electron chi connectivity index (χ2n) is 1.55. The molecule has 60 valence electrons. The van der Waals surface area contributed by atoms with E-state index in [-0.39, 0.29) is 38.5 Å². The molecule has 0 spiro atoms. The van der Waals surface area contributed by atoms with Gasteiger partial charge in [0.25, 0.3) is 0 Å². The lowest BCUT2D eigenvalue weighted by Crippen LogP contribution is -2.48. The highest BCUT2D eigenvalue weighted by Crippen LogP contribution is 1.72. The van der Waals surface area contributed by atoms with Gasteiger partial charge in [0.15, 0.2) is 0 Å². The van der Waals surface area contributed by atoms with E-state index in [0.717, 1.165) is 0 Å². The summed E-state index contributed by atoms with van der Waals surface area (Å²) in [5.41, 5.74) is 0. The van der Waals surface area contributed by atoms with Crippen LogP contribution in [0.2, 0.25) is 0 Å². The SMILES string of the molecule is C.N.O=C1CNC(=O)CN1. The van der Waals surface area contributed by atoms with Gasteiger partial charge in [0, 0.05) is 0 Å². The van der Waals surface area contributed by atoms with Crippen molar-refractivity contribution in [2.75, 3.05) is 13.1 Å². The third kappa shape index (κ3) is 3.03. The number of amides is 2. The zero-order chi connectivity index (χ0) is 5.98. The molecule has 0 radical (unpaired) electrons. The first kappa shape index (κ1) is 11.7. The van der Waals surface area contributed by atoms with Crippen molar-refractivity contribution in [3.05, 3.63) is 0 Å². The van der Waals surface area contributed by atoms with E-state index in [9.17, 15) is 9.59 Å². The van der Waals surface area contributed by atoms with Gasteiger partial charge in [-0.25, -0.2) is 0 Å². The van der Waals surface area contributed by atoms with Gasteiger partial charge < -0.3 is 16.8 Å². The van der Waals surface area contributed by atoms with Crippen molar-refractivity contribution in [3.8, 4) is 0 Å². The molecule has 1 fully saturated rings. The molecule has 2 amide bonds. The minimum Gasteiger partial charge on any atom is -0.346 e. The van der Waals surface area contributed by atoms with Crippen LogP contribution < -0.4 is 16.8 Å². The molecular weight excluding hydrogens is 134 g/mol. The summed E-state index contributed by atoms with van der Waals surface area (Å²) in [7, 11) is 0. The van der Waals surface area contributed by atoms with Crippen LogP contribution in [0.1, 0.15) is 7.43 Å². The minimum atomic E-state index is -0.121. The average molecular weight is 147 g/mol. The maximum absolute atomic E-state index is 10.3. The molecule has 1 aliphatic rings. The van der Waals surface area contributed by atoms with Gasteiger partial charge in [0.2, 0.25) is 11.8 Å². The lowest BCUT2D eigenvalue weighted by Gasteiger charge is -2.10. The summed E-state index contributed by atoms with van der Waals surface area (Å²) in [6, 6.07) is 0. The first-order chi connectivity index (χ1) is 3.79. The summed E-state index contributed by atoms with van der Waals surface area (Å²) >= 11 is 0. The predicted molar refractivity (Wildman–Crippen MR) is 37.8 cm³/mol. The Morgan fingerprint density at radius 2 is 1.30 bits per heavy atom. The standard InChI is InChI=1S/C4H6N2O2.CH4.H3N/c7-3-1-5-4(8)2-6-3;;/h1-2H2,(H,5,8)(H,6,7);1H4;1H3. The van der Waals surface area contributed by atoms with Gasteiger partial charge in [0.05, 0.1) is 13.1 Å². The summed E-state index contributed by atoms with van der Waals surface area (Å²) in [6.07, 6.45) is 0. The summed E-state index contributed by atoms with van der Waals surface area (Å²) < 4.78 is 0. The van der Waals surface area contributed by atoms with Crippen molar-refractivity contribution >= 4 is 11.8 Å². The highest BCUT2D eigenvalue weighted by atomic mass is 16.2. The van der Waals surface area contributed by atoms with Gasteiger partial charge in [-0.15, -0.1) is 0 Å². The molecule has 0 aromatic heterocycles. The van der Waals surface area contributed by atoms with Gasteiger partial charge in [-0.3, -0.25) is 9.59 Å². The molecule has 5 N–H and O–H groups in total. The fraction of sp³-hybridized carbons (Fsp3) is 0.600. The minimum absolute atomic E-state index is 0. The third-order valence-electron chi connectivity index (χ3n) is 0.892. The van der Waals surface area contributed by atoms with E-state index in [1.165, 1.54) is 0 Å².